The summed E-state index contributed by atoms with van der Waals surface area (Å²) in [7, 11) is 3.55. The van der Waals surface area contributed by atoms with Crippen molar-refractivity contribution < 1.29 is 9.53 Å². The van der Waals surface area contributed by atoms with Crippen LogP contribution in [0.5, 0.6) is 5.75 Å². The number of carbonyl (C=O) groups is 1. The third kappa shape index (κ3) is 6.57. The lowest BCUT2D eigenvalue weighted by atomic mass is 10.2. The topological polar surface area (TPSA) is 41.6 Å². The molecule has 0 saturated heterocycles. The maximum atomic E-state index is 11.4. The van der Waals surface area contributed by atoms with Gasteiger partial charge in [0.1, 0.15) is 5.75 Å². The van der Waals surface area contributed by atoms with Gasteiger partial charge in [0.2, 0.25) is 5.91 Å². The van der Waals surface area contributed by atoms with Crippen molar-refractivity contribution in [3.63, 3.8) is 0 Å². The molecule has 1 N–H and O–H groups in total. The molecule has 4 heteroatoms. The van der Waals surface area contributed by atoms with Crippen LogP contribution in [0.2, 0.25) is 0 Å². The second-order valence-corrected chi connectivity index (χ2v) is 5.06. The Balaban J connectivity index is 2.29. The number of amides is 1. The lowest BCUT2D eigenvalue weighted by Gasteiger charge is -2.11. The van der Waals surface area contributed by atoms with Crippen molar-refractivity contribution in [1.82, 2.24) is 10.2 Å². The summed E-state index contributed by atoms with van der Waals surface area (Å²) in [5.41, 5.74) is 1.22. The molecule has 0 aliphatic heterocycles. The molecule has 1 aromatic rings. The SMILES string of the molecule is CCCNCc1cccc(OCCCC(=O)N(C)C)c1. The van der Waals surface area contributed by atoms with Crippen LogP contribution in [0, 0.1) is 0 Å². The number of ether oxygens (including phenoxy) is 1. The Morgan fingerprint density at radius 2 is 2.15 bits per heavy atom. The Kier molecular flexibility index (Phi) is 7.73. The van der Waals surface area contributed by atoms with Crippen molar-refractivity contribution in [3.8, 4) is 5.75 Å². The monoisotopic (exact) mass is 278 g/mol. The van der Waals surface area contributed by atoms with Crippen LogP contribution in [-0.2, 0) is 11.3 Å². The van der Waals surface area contributed by atoms with E-state index in [0.29, 0.717) is 13.0 Å². The quantitative estimate of drug-likeness (QED) is 0.705. The standard InChI is InChI=1S/C16H26N2O2/c1-4-10-17-13-14-7-5-8-15(12-14)20-11-6-9-16(19)18(2)3/h5,7-8,12,17H,4,6,9-11,13H2,1-3H3. The van der Waals surface area contributed by atoms with Crippen molar-refractivity contribution in [1.29, 1.82) is 0 Å². The van der Waals surface area contributed by atoms with Crippen LogP contribution in [0.1, 0.15) is 31.7 Å². The number of benzene rings is 1. The van der Waals surface area contributed by atoms with Crippen LogP contribution in [0.4, 0.5) is 0 Å². The van der Waals surface area contributed by atoms with Crippen LogP contribution in [0.25, 0.3) is 0 Å². The second-order valence-electron chi connectivity index (χ2n) is 5.06. The lowest BCUT2D eigenvalue weighted by molar-refractivity contribution is -0.128. The average Bonchev–Trinajstić information content (AvgIpc) is 2.44. The summed E-state index contributed by atoms with van der Waals surface area (Å²) in [5.74, 6) is 1.02. The fourth-order valence-corrected chi connectivity index (χ4v) is 1.79. The molecule has 0 aromatic heterocycles. The molecule has 1 rings (SSSR count). The third-order valence-electron chi connectivity index (χ3n) is 2.96. The van der Waals surface area contributed by atoms with E-state index in [1.54, 1.807) is 19.0 Å². The first-order valence-electron chi connectivity index (χ1n) is 7.26. The highest BCUT2D eigenvalue weighted by Gasteiger charge is 2.03. The number of hydrogen-bond acceptors (Lipinski definition) is 3. The van der Waals surface area contributed by atoms with E-state index in [0.717, 1.165) is 31.7 Å². The van der Waals surface area contributed by atoms with Gasteiger partial charge < -0.3 is 15.0 Å². The summed E-state index contributed by atoms with van der Waals surface area (Å²) in [6, 6.07) is 8.10. The Hall–Kier alpha value is -1.55. The highest BCUT2D eigenvalue weighted by molar-refractivity contribution is 5.75. The maximum absolute atomic E-state index is 11.4. The summed E-state index contributed by atoms with van der Waals surface area (Å²) in [5, 5.41) is 3.37. The van der Waals surface area contributed by atoms with Crippen molar-refractivity contribution in [3.05, 3.63) is 29.8 Å². The maximum Gasteiger partial charge on any atom is 0.222 e. The van der Waals surface area contributed by atoms with Crippen LogP contribution in [0.15, 0.2) is 24.3 Å². The first kappa shape index (κ1) is 16.5. The van der Waals surface area contributed by atoms with Gasteiger partial charge in [-0.25, -0.2) is 0 Å². The largest absolute Gasteiger partial charge is 0.494 e. The molecule has 0 atom stereocenters. The molecule has 112 valence electrons. The molecule has 0 fully saturated rings. The first-order chi connectivity index (χ1) is 9.63. The molecule has 0 aliphatic carbocycles. The van der Waals surface area contributed by atoms with E-state index < -0.39 is 0 Å². The van der Waals surface area contributed by atoms with Gasteiger partial charge in [0, 0.05) is 27.1 Å². The van der Waals surface area contributed by atoms with Crippen molar-refractivity contribution in [2.45, 2.75) is 32.7 Å². The summed E-state index contributed by atoms with van der Waals surface area (Å²) in [6.07, 6.45) is 2.41. The molecule has 0 heterocycles. The minimum Gasteiger partial charge on any atom is -0.494 e. The van der Waals surface area contributed by atoms with Gasteiger partial charge in [-0.15, -0.1) is 0 Å². The molecule has 20 heavy (non-hydrogen) atoms. The van der Waals surface area contributed by atoms with Crippen LogP contribution in [-0.4, -0.2) is 38.1 Å². The zero-order chi connectivity index (χ0) is 14.8. The van der Waals surface area contributed by atoms with Gasteiger partial charge in [-0.05, 0) is 37.1 Å². The number of rotatable bonds is 9. The van der Waals surface area contributed by atoms with E-state index in [1.807, 2.05) is 12.1 Å². The predicted molar refractivity (Wildman–Crippen MR) is 81.9 cm³/mol. The Bertz CT molecular complexity index is 405. The Labute approximate surface area is 122 Å². The highest BCUT2D eigenvalue weighted by atomic mass is 16.5. The molecule has 4 nitrogen and oxygen atoms in total. The van der Waals surface area contributed by atoms with Crippen LogP contribution >= 0.6 is 0 Å². The van der Waals surface area contributed by atoms with Gasteiger partial charge in [0.05, 0.1) is 6.61 Å². The van der Waals surface area contributed by atoms with Crippen LogP contribution < -0.4 is 10.1 Å². The van der Waals surface area contributed by atoms with Gasteiger partial charge in [0.25, 0.3) is 0 Å². The van der Waals surface area contributed by atoms with Crippen LogP contribution in [0.3, 0.4) is 0 Å². The Morgan fingerprint density at radius 1 is 1.35 bits per heavy atom. The van der Waals surface area contributed by atoms with E-state index in [4.69, 9.17) is 4.74 Å². The molecule has 0 spiro atoms. The van der Waals surface area contributed by atoms with Crippen molar-refractivity contribution in [2.24, 2.45) is 0 Å². The van der Waals surface area contributed by atoms with E-state index in [1.165, 1.54) is 5.56 Å². The van der Waals surface area contributed by atoms with E-state index in [-0.39, 0.29) is 5.91 Å². The van der Waals surface area contributed by atoms with Gasteiger partial charge in [-0.2, -0.15) is 0 Å². The third-order valence-corrected chi connectivity index (χ3v) is 2.96. The number of nitrogens with zero attached hydrogens (tertiary/aromatic N) is 1. The number of carbonyl (C=O) groups excluding carboxylic acids is 1. The molecule has 0 saturated carbocycles. The molecule has 0 unspecified atom stereocenters. The van der Waals surface area contributed by atoms with Crippen molar-refractivity contribution >= 4 is 5.91 Å². The molecule has 0 aliphatic rings. The minimum atomic E-state index is 0.145. The normalized spacial score (nSPS) is 10.3. The average molecular weight is 278 g/mol. The van der Waals surface area contributed by atoms with Gasteiger partial charge >= 0.3 is 0 Å². The fraction of sp³-hybridized carbons (Fsp3) is 0.562. The smallest absolute Gasteiger partial charge is 0.222 e. The van der Waals surface area contributed by atoms with E-state index >= 15 is 0 Å². The summed E-state index contributed by atoms with van der Waals surface area (Å²) in [4.78, 5) is 13.0. The van der Waals surface area contributed by atoms with Gasteiger partial charge in [-0.3, -0.25) is 4.79 Å². The molecule has 1 amide bonds. The number of hydrogen-bond donors (Lipinski definition) is 1. The second kappa shape index (κ2) is 9.37. The molecule has 1 aromatic carbocycles. The zero-order valence-electron chi connectivity index (χ0n) is 12.8. The lowest BCUT2D eigenvalue weighted by Crippen LogP contribution is -2.21. The minimum absolute atomic E-state index is 0.145. The summed E-state index contributed by atoms with van der Waals surface area (Å²) in [6.45, 7) is 4.62. The molecule has 0 radical (unpaired) electrons. The zero-order valence-corrected chi connectivity index (χ0v) is 12.8. The fourth-order valence-electron chi connectivity index (χ4n) is 1.79. The van der Waals surface area contributed by atoms with E-state index in [2.05, 4.69) is 24.4 Å². The number of nitrogens with one attached hydrogen (secondary N) is 1. The first-order valence-corrected chi connectivity index (χ1v) is 7.26. The van der Waals surface area contributed by atoms with Gasteiger partial charge in [0.15, 0.2) is 0 Å². The molecular weight excluding hydrogens is 252 g/mol. The predicted octanol–water partition coefficient (Wildman–Crippen LogP) is 2.43. The summed E-state index contributed by atoms with van der Waals surface area (Å²) < 4.78 is 5.68. The van der Waals surface area contributed by atoms with Crippen molar-refractivity contribution in [2.75, 3.05) is 27.2 Å². The Morgan fingerprint density at radius 3 is 2.85 bits per heavy atom. The molecule has 0 bridgehead atoms. The summed E-state index contributed by atoms with van der Waals surface area (Å²) >= 11 is 0. The highest BCUT2D eigenvalue weighted by Crippen LogP contribution is 2.13. The molecular formula is C16H26N2O2. The van der Waals surface area contributed by atoms with E-state index in [9.17, 15) is 4.79 Å². The van der Waals surface area contributed by atoms with Gasteiger partial charge in [-0.1, -0.05) is 19.1 Å².